The number of rotatable bonds is 40. The van der Waals surface area contributed by atoms with Crippen molar-refractivity contribution in [2.75, 3.05) is 13.2 Å². The molecule has 0 radical (unpaired) electrons. The summed E-state index contributed by atoms with van der Waals surface area (Å²) in [5, 5.41) is 75.6. The van der Waals surface area contributed by atoms with Crippen LogP contribution in [0, 0.1) is 0 Å². The van der Waals surface area contributed by atoms with Crippen molar-refractivity contribution in [3.63, 3.8) is 0 Å². The predicted molar refractivity (Wildman–Crippen MR) is 229 cm³/mol. The Morgan fingerprint density at radius 2 is 0.912 bits per heavy atom. The summed E-state index contributed by atoms with van der Waals surface area (Å²) in [6, 6.07) is -1.16. The number of ether oxygens (including phenoxy) is 2. The summed E-state index contributed by atoms with van der Waals surface area (Å²) in [6.07, 6.45) is 25.9. The molecule has 0 aromatic rings. The second kappa shape index (κ2) is 36.9. The lowest BCUT2D eigenvalue weighted by atomic mass is 9.98. The molecule has 0 bridgehead atoms. The van der Waals surface area contributed by atoms with Crippen molar-refractivity contribution in [2.24, 2.45) is 0 Å². The molecule has 11 heteroatoms. The van der Waals surface area contributed by atoms with Gasteiger partial charge in [0.05, 0.1) is 25.4 Å². The summed E-state index contributed by atoms with van der Waals surface area (Å²) in [5.41, 5.74) is 0. The van der Waals surface area contributed by atoms with Crippen LogP contribution in [0.2, 0.25) is 0 Å². The Bertz CT molecular complexity index is 897. The van der Waals surface area contributed by atoms with Gasteiger partial charge >= 0.3 is 0 Å². The lowest BCUT2D eigenvalue weighted by molar-refractivity contribution is -0.303. The van der Waals surface area contributed by atoms with Crippen molar-refractivity contribution in [2.45, 2.75) is 274 Å². The molecule has 1 fully saturated rings. The van der Waals surface area contributed by atoms with Crippen LogP contribution in [0.25, 0.3) is 0 Å². The fourth-order valence-electron chi connectivity index (χ4n) is 7.91. The fourth-order valence-corrected chi connectivity index (χ4v) is 7.91. The minimum Gasteiger partial charge on any atom is -0.394 e. The third-order valence-electron chi connectivity index (χ3n) is 11.9. The van der Waals surface area contributed by atoms with Crippen molar-refractivity contribution < 1.29 is 50.0 Å². The summed E-state index contributed by atoms with van der Waals surface area (Å²) in [6.45, 7) is 3.43. The van der Waals surface area contributed by atoms with Crippen molar-refractivity contribution >= 4 is 5.91 Å². The topological polar surface area (TPSA) is 189 Å². The molecular formula is C46H91NO10. The third-order valence-corrected chi connectivity index (χ3v) is 11.9. The average molecular weight is 818 g/mol. The van der Waals surface area contributed by atoms with Crippen LogP contribution in [0.1, 0.15) is 219 Å². The van der Waals surface area contributed by atoms with Gasteiger partial charge in [0.2, 0.25) is 5.91 Å². The summed E-state index contributed by atoms with van der Waals surface area (Å²) < 4.78 is 11.1. The van der Waals surface area contributed by atoms with Crippen LogP contribution in [0.15, 0.2) is 0 Å². The van der Waals surface area contributed by atoms with Gasteiger partial charge < -0.3 is 50.5 Å². The van der Waals surface area contributed by atoms with Gasteiger partial charge in [-0.2, -0.15) is 0 Å². The van der Waals surface area contributed by atoms with E-state index in [1.807, 2.05) is 0 Å². The van der Waals surface area contributed by atoms with Crippen molar-refractivity contribution in [3.8, 4) is 0 Å². The standard InChI is InChI=1S/C46H91NO10/c1-3-5-7-9-11-13-15-16-17-18-19-20-21-22-23-24-26-28-30-32-34-39(50)45(55)47-37(36-56-46-44(54)43(53)42(52)40(35-48)57-46)41(51)38(49)33-31-29-27-25-14-12-10-8-6-4-2/h37-44,46,48-54H,3-36H2,1-2H3,(H,47,55)/t37-,38+,39+,40?,41-,42-,43?,44?,46-/m0/s1. The lowest BCUT2D eigenvalue weighted by Crippen LogP contribution is -2.60. The molecule has 8 N–H and O–H groups in total. The van der Waals surface area contributed by atoms with E-state index in [4.69, 9.17) is 9.47 Å². The monoisotopic (exact) mass is 818 g/mol. The first-order valence-corrected chi connectivity index (χ1v) is 23.9. The Morgan fingerprint density at radius 3 is 1.30 bits per heavy atom. The molecule has 1 heterocycles. The Kier molecular flexibility index (Phi) is 35.1. The van der Waals surface area contributed by atoms with E-state index in [-0.39, 0.29) is 6.42 Å². The molecule has 1 saturated heterocycles. The molecule has 0 spiro atoms. The van der Waals surface area contributed by atoms with Crippen LogP contribution in [-0.2, 0) is 14.3 Å². The van der Waals surface area contributed by atoms with E-state index in [9.17, 15) is 40.5 Å². The summed E-state index contributed by atoms with van der Waals surface area (Å²) in [5.74, 6) is -0.694. The number of amides is 1. The van der Waals surface area contributed by atoms with E-state index >= 15 is 0 Å². The molecule has 9 atom stereocenters. The van der Waals surface area contributed by atoms with E-state index in [1.165, 1.54) is 141 Å². The van der Waals surface area contributed by atoms with Gasteiger partial charge in [0.1, 0.15) is 36.6 Å². The van der Waals surface area contributed by atoms with Crippen molar-refractivity contribution in [3.05, 3.63) is 0 Å². The van der Waals surface area contributed by atoms with Gasteiger partial charge in [-0.3, -0.25) is 4.79 Å². The van der Waals surface area contributed by atoms with Gasteiger partial charge in [-0.25, -0.2) is 0 Å². The van der Waals surface area contributed by atoms with E-state index in [0.29, 0.717) is 19.3 Å². The molecule has 0 saturated carbocycles. The smallest absolute Gasteiger partial charge is 0.249 e. The molecule has 340 valence electrons. The second-order valence-electron chi connectivity index (χ2n) is 17.2. The maximum Gasteiger partial charge on any atom is 0.249 e. The van der Waals surface area contributed by atoms with Crippen molar-refractivity contribution in [1.29, 1.82) is 0 Å². The summed E-state index contributed by atoms with van der Waals surface area (Å²) >= 11 is 0. The zero-order chi connectivity index (χ0) is 41.9. The van der Waals surface area contributed by atoms with Crippen LogP contribution in [0.5, 0.6) is 0 Å². The first kappa shape index (κ1) is 54.1. The highest BCUT2D eigenvalue weighted by Crippen LogP contribution is 2.23. The van der Waals surface area contributed by atoms with E-state index in [0.717, 1.165) is 38.5 Å². The Hall–Kier alpha value is -0.890. The van der Waals surface area contributed by atoms with Crippen molar-refractivity contribution in [1.82, 2.24) is 5.32 Å². The molecule has 1 rings (SSSR count). The van der Waals surface area contributed by atoms with E-state index in [1.54, 1.807) is 0 Å². The molecule has 0 aliphatic carbocycles. The number of hydrogen-bond donors (Lipinski definition) is 8. The molecule has 3 unspecified atom stereocenters. The van der Waals surface area contributed by atoms with E-state index in [2.05, 4.69) is 19.2 Å². The van der Waals surface area contributed by atoms with Gasteiger partial charge in [0.25, 0.3) is 0 Å². The molecule has 57 heavy (non-hydrogen) atoms. The first-order valence-electron chi connectivity index (χ1n) is 23.9. The fraction of sp³-hybridized carbons (Fsp3) is 0.978. The quantitative estimate of drug-likeness (QED) is 0.0283. The van der Waals surface area contributed by atoms with Gasteiger partial charge in [0, 0.05) is 0 Å². The van der Waals surface area contributed by atoms with Crippen LogP contribution < -0.4 is 5.32 Å². The minimum atomic E-state index is -1.65. The van der Waals surface area contributed by atoms with Crippen LogP contribution in [0.3, 0.4) is 0 Å². The van der Waals surface area contributed by atoms with Gasteiger partial charge in [-0.15, -0.1) is 0 Å². The van der Waals surface area contributed by atoms with Gasteiger partial charge in [-0.1, -0.05) is 206 Å². The molecule has 11 nitrogen and oxygen atoms in total. The summed E-state index contributed by atoms with van der Waals surface area (Å²) in [4.78, 5) is 13.1. The van der Waals surface area contributed by atoms with Crippen LogP contribution >= 0.6 is 0 Å². The maximum absolute atomic E-state index is 13.1. The average Bonchev–Trinajstić information content (AvgIpc) is 3.21. The van der Waals surface area contributed by atoms with E-state index < -0.39 is 74.2 Å². The second-order valence-corrected chi connectivity index (χ2v) is 17.2. The molecule has 1 aliphatic heterocycles. The number of hydrogen-bond acceptors (Lipinski definition) is 10. The first-order chi connectivity index (χ1) is 27.7. The highest BCUT2D eigenvalue weighted by molar-refractivity contribution is 5.80. The Morgan fingerprint density at radius 1 is 0.544 bits per heavy atom. The minimum absolute atomic E-state index is 0.266. The number of carbonyl (C=O) groups excluding carboxylic acids is 1. The van der Waals surface area contributed by atoms with Gasteiger partial charge in [-0.05, 0) is 12.8 Å². The molecule has 1 amide bonds. The SMILES string of the molecule is CCCCCCCCCCCCCCCCCCCCCC[C@@H](O)C(=O)N[C@@H](CO[C@H]1OC(CO)[C@H](O)C(O)C1O)[C@H](O)[C@H](O)CCCCCCCCCCCC. The molecule has 1 aliphatic rings. The number of unbranched alkanes of at least 4 members (excludes halogenated alkanes) is 28. The van der Waals surface area contributed by atoms with Crippen LogP contribution in [-0.4, -0.2) is 110 Å². The molecule has 0 aromatic heterocycles. The predicted octanol–water partition coefficient (Wildman–Crippen LogP) is 7.89. The zero-order valence-corrected chi connectivity index (χ0v) is 36.6. The third kappa shape index (κ3) is 26.8. The highest BCUT2D eigenvalue weighted by Gasteiger charge is 2.44. The zero-order valence-electron chi connectivity index (χ0n) is 36.6. The van der Waals surface area contributed by atoms with Crippen LogP contribution in [0.4, 0.5) is 0 Å². The Balaban J connectivity index is 2.37. The Labute approximate surface area is 348 Å². The number of aliphatic hydroxyl groups is 7. The highest BCUT2D eigenvalue weighted by atomic mass is 16.7. The number of carbonyl (C=O) groups is 1. The normalized spacial score (nSPS) is 22.0. The summed E-state index contributed by atoms with van der Waals surface area (Å²) in [7, 11) is 0. The largest absolute Gasteiger partial charge is 0.394 e. The maximum atomic E-state index is 13.1. The van der Waals surface area contributed by atoms with Gasteiger partial charge in [0.15, 0.2) is 6.29 Å². The molecular weight excluding hydrogens is 727 g/mol. The molecule has 0 aromatic carbocycles. The number of aliphatic hydroxyl groups excluding tert-OH is 7. The number of nitrogens with one attached hydrogen (secondary N) is 1. The lowest BCUT2D eigenvalue weighted by Gasteiger charge is -2.40.